The molecule has 0 fully saturated rings. The van der Waals surface area contributed by atoms with E-state index in [0.717, 1.165) is 23.6 Å². The fraction of sp³-hybridized carbons (Fsp3) is 0.360. The highest BCUT2D eigenvalue weighted by atomic mass is 15.3. The number of fused-ring (bicyclic) bond motifs is 1. The smallest absolute Gasteiger partial charge is 0.0727 e. The molecule has 1 atom stereocenters. The molecule has 0 aliphatic carbocycles. The first kappa shape index (κ1) is 20.4. The normalized spacial score (nSPS) is 12.8. The summed E-state index contributed by atoms with van der Waals surface area (Å²) in [5.74, 6) is 0. The minimum atomic E-state index is 0.190. The summed E-state index contributed by atoms with van der Waals surface area (Å²) in [5.41, 5.74) is 7.13. The van der Waals surface area contributed by atoms with Gasteiger partial charge in [0.25, 0.3) is 0 Å². The van der Waals surface area contributed by atoms with E-state index in [4.69, 9.17) is 10.2 Å². The van der Waals surface area contributed by atoms with Crippen LogP contribution in [-0.4, -0.2) is 19.6 Å². The van der Waals surface area contributed by atoms with Gasteiger partial charge in [-0.2, -0.15) is 10.2 Å². The molecule has 2 heterocycles. The lowest BCUT2D eigenvalue weighted by Gasteiger charge is -2.15. The molecule has 4 rings (SSSR count). The van der Waals surface area contributed by atoms with Crippen LogP contribution in [0.2, 0.25) is 0 Å². The molecule has 2 aromatic carbocycles. The zero-order valence-electron chi connectivity index (χ0n) is 18.8. The van der Waals surface area contributed by atoms with E-state index in [9.17, 15) is 0 Å². The molecule has 5 nitrogen and oxygen atoms in total. The third-order valence-electron chi connectivity index (χ3n) is 6.06. The van der Waals surface area contributed by atoms with Crippen LogP contribution in [0.15, 0.2) is 48.7 Å². The Morgan fingerprint density at radius 2 is 1.67 bits per heavy atom. The third-order valence-corrected chi connectivity index (χ3v) is 6.06. The first-order chi connectivity index (χ1) is 14.4. The van der Waals surface area contributed by atoms with Crippen molar-refractivity contribution in [2.24, 2.45) is 0 Å². The SMILES string of the molecule is Cc1nn(C(C)C)c(C)c1CN[C@@H](C)c1cnn(-c2cccc3ccccc23)c1C. The van der Waals surface area contributed by atoms with Gasteiger partial charge in [-0.25, -0.2) is 4.68 Å². The molecule has 1 N–H and O–H groups in total. The molecule has 156 valence electrons. The molecule has 0 aliphatic rings. The van der Waals surface area contributed by atoms with Crippen LogP contribution in [0.25, 0.3) is 16.5 Å². The average molecular weight is 402 g/mol. The van der Waals surface area contributed by atoms with Crippen LogP contribution < -0.4 is 5.32 Å². The minimum absolute atomic E-state index is 0.190. The number of benzene rings is 2. The van der Waals surface area contributed by atoms with Crippen LogP contribution in [0.4, 0.5) is 0 Å². The maximum atomic E-state index is 4.73. The van der Waals surface area contributed by atoms with Crippen LogP contribution in [0.5, 0.6) is 0 Å². The second kappa shape index (κ2) is 8.07. The molecule has 0 bridgehead atoms. The number of nitrogens with one attached hydrogen (secondary N) is 1. The Bertz CT molecular complexity index is 1180. The molecule has 0 spiro atoms. The van der Waals surface area contributed by atoms with Gasteiger partial charge in [0.1, 0.15) is 0 Å². The van der Waals surface area contributed by atoms with Gasteiger partial charge in [-0.05, 0) is 53.0 Å². The third kappa shape index (κ3) is 3.54. The summed E-state index contributed by atoms with van der Waals surface area (Å²) in [6, 6.07) is 15.4. The van der Waals surface area contributed by atoms with Crippen molar-refractivity contribution < 1.29 is 0 Å². The quantitative estimate of drug-likeness (QED) is 0.459. The molecule has 0 amide bonds. The molecular formula is C25H31N5. The largest absolute Gasteiger partial charge is 0.306 e. The number of rotatable bonds is 6. The van der Waals surface area contributed by atoms with Crippen molar-refractivity contribution in [3.63, 3.8) is 0 Å². The maximum absolute atomic E-state index is 4.73. The highest BCUT2D eigenvalue weighted by Crippen LogP contribution is 2.26. The van der Waals surface area contributed by atoms with Crippen LogP contribution in [0.3, 0.4) is 0 Å². The number of aromatic nitrogens is 4. The Labute approximate surface area is 178 Å². The maximum Gasteiger partial charge on any atom is 0.0727 e. The lowest BCUT2D eigenvalue weighted by molar-refractivity contribution is 0.514. The first-order valence-electron chi connectivity index (χ1n) is 10.7. The lowest BCUT2D eigenvalue weighted by Crippen LogP contribution is -2.19. The van der Waals surface area contributed by atoms with Gasteiger partial charge in [0.15, 0.2) is 0 Å². The van der Waals surface area contributed by atoms with Crippen molar-refractivity contribution in [3.8, 4) is 5.69 Å². The fourth-order valence-corrected chi connectivity index (χ4v) is 4.30. The van der Waals surface area contributed by atoms with Crippen molar-refractivity contribution in [3.05, 3.63) is 76.9 Å². The highest BCUT2D eigenvalue weighted by Gasteiger charge is 2.18. The minimum Gasteiger partial charge on any atom is -0.306 e. The van der Waals surface area contributed by atoms with Crippen LogP contribution in [0, 0.1) is 20.8 Å². The van der Waals surface area contributed by atoms with Crippen molar-refractivity contribution in [1.82, 2.24) is 24.9 Å². The standard InChI is InChI=1S/C25H31N5/c1-16(2)29-19(5)23(18(4)28-29)14-26-17(3)24-15-27-30(20(24)6)25-13-9-11-21-10-7-8-12-22(21)25/h7-13,15-17,26H,14H2,1-6H3/t17-/m0/s1. The van der Waals surface area contributed by atoms with Gasteiger partial charge in [0.05, 0.1) is 17.6 Å². The van der Waals surface area contributed by atoms with E-state index >= 15 is 0 Å². The summed E-state index contributed by atoms with van der Waals surface area (Å²) in [6.07, 6.45) is 1.99. The predicted molar refractivity (Wildman–Crippen MR) is 123 cm³/mol. The Morgan fingerprint density at radius 1 is 0.933 bits per heavy atom. The van der Waals surface area contributed by atoms with Gasteiger partial charge in [0.2, 0.25) is 0 Å². The molecule has 30 heavy (non-hydrogen) atoms. The second-order valence-corrected chi connectivity index (χ2v) is 8.39. The van der Waals surface area contributed by atoms with Crippen LogP contribution in [-0.2, 0) is 6.54 Å². The number of hydrogen-bond donors (Lipinski definition) is 1. The summed E-state index contributed by atoms with van der Waals surface area (Å²) >= 11 is 0. The summed E-state index contributed by atoms with van der Waals surface area (Å²) in [4.78, 5) is 0. The molecular weight excluding hydrogens is 370 g/mol. The molecule has 0 saturated carbocycles. The van der Waals surface area contributed by atoms with Gasteiger partial charge >= 0.3 is 0 Å². The van der Waals surface area contributed by atoms with E-state index in [1.54, 1.807) is 0 Å². The van der Waals surface area contributed by atoms with E-state index in [1.807, 2.05) is 6.20 Å². The summed E-state index contributed by atoms with van der Waals surface area (Å²) in [5, 5.41) is 15.6. The van der Waals surface area contributed by atoms with Gasteiger partial charge < -0.3 is 5.32 Å². The van der Waals surface area contributed by atoms with Gasteiger partial charge in [-0.15, -0.1) is 0 Å². The summed E-state index contributed by atoms with van der Waals surface area (Å²) in [7, 11) is 0. The lowest BCUT2D eigenvalue weighted by atomic mass is 10.1. The van der Waals surface area contributed by atoms with Gasteiger partial charge in [-0.3, -0.25) is 4.68 Å². The first-order valence-corrected chi connectivity index (χ1v) is 10.7. The van der Waals surface area contributed by atoms with E-state index in [-0.39, 0.29) is 6.04 Å². The molecule has 2 aromatic heterocycles. The Kier molecular flexibility index (Phi) is 5.48. The van der Waals surface area contributed by atoms with Crippen LogP contribution >= 0.6 is 0 Å². The Morgan fingerprint density at radius 3 is 2.40 bits per heavy atom. The molecule has 0 radical (unpaired) electrons. The monoisotopic (exact) mass is 401 g/mol. The molecule has 4 aromatic rings. The van der Waals surface area contributed by atoms with E-state index < -0.39 is 0 Å². The Balaban J connectivity index is 1.58. The van der Waals surface area contributed by atoms with Crippen molar-refractivity contribution >= 4 is 10.8 Å². The fourth-order valence-electron chi connectivity index (χ4n) is 4.30. The highest BCUT2D eigenvalue weighted by molar-refractivity contribution is 5.90. The second-order valence-electron chi connectivity index (χ2n) is 8.39. The van der Waals surface area contributed by atoms with Crippen molar-refractivity contribution in [1.29, 1.82) is 0 Å². The predicted octanol–water partition coefficient (Wildman–Crippen LogP) is 5.58. The number of hydrogen-bond acceptors (Lipinski definition) is 3. The van der Waals surface area contributed by atoms with Gasteiger partial charge in [-0.1, -0.05) is 36.4 Å². The zero-order chi connectivity index (χ0) is 21.4. The van der Waals surface area contributed by atoms with E-state index in [0.29, 0.717) is 6.04 Å². The summed E-state index contributed by atoms with van der Waals surface area (Å²) < 4.78 is 4.17. The molecule has 0 saturated heterocycles. The molecule has 0 unspecified atom stereocenters. The van der Waals surface area contributed by atoms with Gasteiger partial charge in [0, 0.05) is 46.5 Å². The topological polar surface area (TPSA) is 47.7 Å². The zero-order valence-corrected chi connectivity index (χ0v) is 18.8. The van der Waals surface area contributed by atoms with Crippen molar-refractivity contribution in [2.45, 2.75) is 60.2 Å². The number of nitrogens with zero attached hydrogens (tertiary/aromatic N) is 4. The van der Waals surface area contributed by atoms with Crippen LogP contribution in [0.1, 0.15) is 61.1 Å². The average Bonchev–Trinajstić information content (AvgIpc) is 3.25. The van der Waals surface area contributed by atoms with E-state index in [2.05, 4.69) is 98.7 Å². The molecule has 0 aliphatic heterocycles. The molecule has 5 heteroatoms. The summed E-state index contributed by atoms with van der Waals surface area (Å²) in [6.45, 7) is 13.7. The number of aryl methyl sites for hydroxylation is 1. The van der Waals surface area contributed by atoms with Crippen molar-refractivity contribution in [2.75, 3.05) is 0 Å². The van der Waals surface area contributed by atoms with E-state index in [1.165, 1.54) is 27.6 Å². The Hall–Kier alpha value is -2.92.